The number of nitrogens with zero attached hydrogens (tertiary/aromatic N) is 1. The molecule has 0 N–H and O–H groups in total. The highest BCUT2D eigenvalue weighted by molar-refractivity contribution is 9.09. The van der Waals surface area contributed by atoms with Crippen LogP contribution in [0.1, 0.15) is 0 Å². The van der Waals surface area contributed by atoms with E-state index in [1.165, 1.54) is 5.69 Å². The molecule has 0 fully saturated rings. The van der Waals surface area contributed by atoms with Gasteiger partial charge in [-0.15, -0.1) is 0 Å². The largest absolute Gasteiger partial charge is 0.497 e. The Hall–Kier alpha value is -0.700. The van der Waals surface area contributed by atoms with Crippen LogP contribution in [0.4, 0.5) is 5.69 Å². The molecule has 0 aromatic heterocycles. The third-order valence-electron chi connectivity index (χ3n) is 1.91. The first kappa shape index (κ1) is 10.4. The van der Waals surface area contributed by atoms with E-state index in [0.717, 1.165) is 17.6 Å². The van der Waals surface area contributed by atoms with Gasteiger partial charge in [0.1, 0.15) is 5.75 Å². The molecule has 1 aromatic rings. The summed E-state index contributed by atoms with van der Waals surface area (Å²) in [5.74, 6) is 0.902. The van der Waals surface area contributed by atoms with E-state index < -0.39 is 0 Å². The molecule has 0 atom stereocenters. The SMILES string of the molecule is COc1cccc(N(C)CCBr)c1. The Morgan fingerprint density at radius 1 is 1.46 bits per heavy atom. The quantitative estimate of drug-likeness (QED) is 0.754. The van der Waals surface area contributed by atoms with Gasteiger partial charge in [-0.1, -0.05) is 22.0 Å². The smallest absolute Gasteiger partial charge is 0.120 e. The van der Waals surface area contributed by atoms with Gasteiger partial charge in [-0.3, -0.25) is 0 Å². The predicted octanol–water partition coefficient (Wildman–Crippen LogP) is 2.53. The average molecular weight is 244 g/mol. The van der Waals surface area contributed by atoms with Crippen LogP contribution < -0.4 is 9.64 Å². The lowest BCUT2D eigenvalue weighted by molar-refractivity contribution is 0.415. The molecule has 0 aliphatic rings. The van der Waals surface area contributed by atoms with Crippen molar-refractivity contribution in [3.8, 4) is 5.75 Å². The molecule has 3 heteroatoms. The number of anilines is 1. The summed E-state index contributed by atoms with van der Waals surface area (Å²) >= 11 is 3.41. The summed E-state index contributed by atoms with van der Waals surface area (Å²) < 4.78 is 5.14. The molecule has 0 unspecified atom stereocenters. The van der Waals surface area contributed by atoms with Gasteiger partial charge in [0.25, 0.3) is 0 Å². The second kappa shape index (κ2) is 5.12. The maximum Gasteiger partial charge on any atom is 0.120 e. The number of hydrogen-bond donors (Lipinski definition) is 0. The van der Waals surface area contributed by atoms with Crippen molar-refractivity contribution in [3.63, 3.8) is 0 Å². The van der Waals surface area contributed by atoms with Crippen LogP contribution in [0, 0.1) is 0 Å². The minimum Gasteiger partial charge on any atom is -0.497 e. The molecule has 0 spiro atoms. The van der Waals surface area contributed by atoms with Gasteiger partial charge in [0.05, 0.1) is 7.11 Å². The normalized spacial score (nSPS) is 9.77. The molecule has 0 aliphatic heterocycles. The fraction of sp³-hybridized carbons (Fsp3) is 0.400. The Kier molecular flexibility index (Phi) is 4.09. The van der Waals surface area contributed by atoms with E-state index in [-0.39, 0.29) is 0 Å². The Balaban J connectivity index is 2.75. The van der Waals surface area contributed by atoms with Gasteiger partial charge in [0.15, 0.2) is 0 Å². The average Bonchev–Trinajstić information content (AvgIpc) is 2.18. The Morgan fingerprint density at radius 3 is 2.85 bits per heavy atom. The van der Waals surface area contributed by atoms with Crippen molar-refractivity contribution in [3.05, 3.63) is 24.3 Å². The fourth-order valence-corrected chi connectivity index (χ4v) is 1.64. The molecule has 2 nitrogen and oxygen atoms in total. The first-order chi connectivity index (χ1) is 6.27. The predicted molar refractivity (Wildman–Crippen MR) is 60.1 cm³/mol. The van der Waals surface area contributed by atoms with Gasteiger partial charge < -0.3 is 9.64 Å². The fourth-order valence-electron chi connectivity index (χ4n) is 1.10. The summed E-state index contributed by atoms with van der Waals surface area (Å²) in [4.78, 5) is 2.18. The molecule has 13 heavy (non-hydrogen) atoms. The molecule has 0 amide bonds. The maximum atomic E-state index is 5.14. The Bertz CT molecular complexity index is 265. The minimum atomic E-state index is 0.902. The zero-order chi connectivity index (χ0) is 9.68. The van der Waals surface area contributed by atoms with Crippen LogP contribution in [0.15, 0.2) is 24.3 Å². The number of alkyl halides is 1. The molecule has 0 heterocycles. The van der Waals surface area contributed by atoms with E-state index in [2.05, 4.69) is 33.9 Å². The molecule has 0 saturated heterocycles. The second-order valence-corrected chi connectivity index (χ2v) is 3.61. The molecular formula is C10H14BrNO. The van der Waals surface area contributed by atoms with Gasteiger partial charge in [-0.25, -0.2) is 0 Å². The Morgan fingerprint density at radius 2 is 2.23 bits per heavy atom. The molecule has 0 aliphatic carbocycles. The highest BCUT2D eigenvalue weighted by atomic mass is 79.9. The second-order valence-electron chi connectivity index (χ2n) is 2.81. The number of benzene rings is 1. The first-order valence-corrected chi connectivity index (χ1v) is 5.31. The molecule has 1 aromatic carbocycles. The van der Waals surface area contributed by atoms with Crippen molar-refractivity contribution < 1.29 is 4.74 Å². The van der Waals surface area contributed by atoms with Crippen LogP contribution in [0.2, 0.25) is 0 Å². The van der Waals surface area contributed by atoms with Crippen LogP contribution in [-0.2, 0) is 0 Å². The first-order valence-electron chi connectivity index (χ1n) is 4.19. The van der Waals surface area contributed by atoms with Crippen molar-refractivity contribution in [1.29, 1.82) is 0 Å². The number of methoxy groups -OCH3 is 1. The summed E-state index contributed by atoms with van der Waals surface area (Å²) in [6.07, 6.45) is 0. The zero-order valence-corrected chi connectivity index (χ0v) is 9.54. The summed E-state index contributed by atoms with van der Waals surface area (Å²) in [5.41, 5.74) is 1.18. The van der Waals surface area contributed by atoms with Crippen LogP contribution >= 0.6 is 15.9 Å². The van der Waals surface area contributed by atoms with Gasteiger partial charge in [0, 0.05) is 30.7 Å². The van der Waals surface area contributed by atoms with Gasteiger partial charge in [-0.2, -0.15) is 0 Å². The van der Waals surface area contributed by atoms with Crippen molar-refractivity contribution in [1.82, 2.24) is 0 Å². The van der Waals surface area contributed by atoms with Crippen LogP contribution in [0.5, 0.6) is 5.75 Å². The zero-order valence-electron chi connectivity index (χ0n) is 7.96. The lowest BCUT2D eigenvalue weighted by atomic mass is 10.3. The Labute approximate surface area is 87.6 Å². The van der Waals surface area contributed by atoms with Crippen molar-refractivity contribution in [2.45, 2.75) is 0 Å². The monoisotopic (exact) mass is 243 g/mol. The van der Waals surface area contributed by atoms with E-state index in [1.54, 1.807) is 7.11 Å². The summed E-state index contributed by atoms with van der Waals surface area (Å²) in [6, 6.07) is 8.05. The van der Waals surface area contributed by atoms with E-state index in [9.17, 15) is 0 Å². The maximum absolute atomic E-state index is 5.14. The number of halogens is 1. The lowest BCUT2D eigenvalue weighted by Gasteiger charge is -2.18. The van der Waals surface area contributed by atoms with E-state index >= 15 is 0 Å². The molecule has 72 valence electrons. The number of hydrogen-bond acceptors (Lipinski definition) is 2. The van der Waals surface area contributed by atoms with Crippen LogP contribution in [-0.4, -0.2) is 26.0 Å². The van der Waals surface area contributed by atoms with E-state index in [4.69, 9.17) is 4.74 Å². The number of rotatable bonds is 4. The molecule has 1 rings (SSSR count). The third kappa shape index (κ3) is 2.92. The van der Waals surface area contributed by atoms with Gasteiger partial charge >= 0.3 is 0 Å². The minimum absolute atomic E-state index is 0.902. The van der Waals surface area contributed by atoms with E-state index in [1.807, 2.05) is 18.2 Å². The highest BCUT2D eigenvalue weighted by Gasteiger charge is 2.00. The summed E-state index contributed by atoms with van der Waals surface area (Å²) in [7, 11) is 3.75. The standard InChI is InChI=1S/C10H14BrNO/c1-12(7-6-11)9-4-3-5-10(8-9)13-2/h3-5,8H,6-7H2,1-2H3. The van der Waals surface area contributed by atoms with Crippen LogP contribution in [0.25, 0.3) is 0 Å². The molecule has 0 radical (unpaired) electrons. The van der Waals surface area contributed by atoms with Gasteiger partial charge in [-0.05, 0) is 12.1 Å². The third-order valence-corrected chi connectivity index (χ3v) is 2.27. The van der Waals surface area contributed by atoms with Crippen molar-refractivity contribution in [2.75, 3.05) is 30.9 Å². The van der Waals surface area contributed by atoms with Crippen LogP contribution in [0.3, 0.4) is 0 Å². The molecule has 0 bridgehead atoms. The molecular weight excluding hydrogens is 230 g/mol. The van der Waals surface area contributed by atoms with Crippen molar-refractivity contribution in [2.24, 2.45) is 0 Å². The molecule has 0 saturated carbocycles. The summed E-state index contributed by atoms with van der Waals surface area (Å²) in [5, 5.41) is 0.973. The van der Waals surface area contributed by atoms with Gasteiger partial charge in [0.2, 0.25) is 0 Å². The summed E-state index contributed by atoms with van der Waals surface area (Å²) in [6.45, 7) is 0.993. The van der Waals surface area contributed by atoms with Crippen molar-refractivity contribution >= 4 is 21.6 Å². The highest BCUT2D eigenvalue weighted by Crippen LogP contribution is 2.19. The number of ether oxygens (including phenoxy) is 1. The topological polar surface area (TPSA) is 12.5 Å². The van der Waals surface area contributed by atoms with E-state index in [0.29, 0.717) is 0 Å². The lowest BCUT2D eigenvalue weighted by Crippen LogP contribution is -2.19.